The number of nitrogens with one attached hydrogen (secondary N) is 1. The van der Waals surface area contributed by atoms with Gasteiger partial charge < -0.3 is 10.1 Å². The molecule has 0 saturated carbocycles. The van der Waals surface area contributed by atoms with Crippen LogP contribution in [-0.2, 0) is 14.3 Å². The number of rotatable bonds is 4. The number of dihydropyridines is 1. The highest BCUT2D eigenvalue weighted by Crippen LogP contribution is 2.22. The molecule has 0 radical (unpaired) electrons. The topological polar surface area (TPSA) is 67.8 Å². The lowest BCUT2D eigenvalue weighted by atomic mass is 9.87. The van der Waals surface area contributed by atoms with Crippen molar-refractivity contribution >= 4 is 18.1 Å². The van der Waals surface area contributed by atoms with E-state index in [2.05, 4.69) is 10.3 Å². The first kappa shape index (κ1) is 14.4. The van der Waals surface area contributed by atoms with E-state index in [1.165, 1.54) is 7.11 Å². The van der Waals surface area contributed by atoms with E-state index in [0.717, 1.165) is 0 Å². The van der Waals surface area contributed by atoms with Gasteiger partial charge in [-0.3, -0.25) is 9.79 Å². The lowest BCUT2D eigenvalue weighted by molar-refractivity contribution is -0.147. The molecule has 0 fully saturated rings. The van der Waals surface area contributed by atoms with E-state index in [0.29, 0.717) is 6.54 Å². The molecular weight excluding hydrogens is 232 g/mol. The summed E-state index contributed by atoms with van der Waals surface area (Å²) in [6, 6.07) is -0.626. The van der Waals surface area contributed by atoms with Gasteiger partial charge in [-0.2, -0.15) is 0 Å². The van der Waals surface area contributed by atoms with Crippen molar-refractivity contribution in [1.29, 1.82) is 0 Å². The summed E-state index contributed by atoms with van der Waals surface area (Å²) in [5.41, 5.74) is -0.699. The molecular formula is C13H20N2O3. The van der Waals surface area contributed by atoms with Gasteiger partial charge in [0.1, 0.15) is 6.04 Å². The van der Waals surface area contributed by atoms with Crippen molar-refractivity contribution in [3.63, 3.8) is 0 Å². The van der Waals surface area contributed by atoms with Gasteiger partial charge in [-0.15, -0.1) is 0 Å². The molecule has 1 aliphatic heterocycles. The van der Waals surface area contributed by atoms with E-state index in [1.54, 1.807) is 25.3 Å². The smallest absolute Gasteiger partial charge is 0.328 e. The molecule has 1 heterocycles. The summed E-state index contributed by atoms with van der Waals surface area (Å²) in [6.07, 6.45) is 5.20. The standard InChI is InChI=1S/C13H20N2O3/c1-9(2)10(11(16)18-4)15-12(17)13(3)6-5-7-14-8-13/h5-7,9-10H,8H2,1-4H3,(H,15,17). The highest BCUT2D eigenvalue weighted by atomic mass is 16.5. The van der Waals surface area contributed by atoms with Crippen LogP contribution in [0.15, 0.2) is 17.1 Å². The molecule has 0 bridgehead atoms. The molecule has 0 aromatic carbocycles. The number of esters is 1. The summed E-state index contributed by atoms with van der Waals surface area (Å²) in [7, 11) is 1.32. The Morgan fingerprint density at radius 2 is 2.11 bits per heavy atom. The van der Waals surface area contributed by atoms with Gasteiger partial charge in [0.25, 0.3) is 0 Å². The van der Waals surface area contributed by atoms with E-state index in [1.807, 2.05) is 13.8 Å². The first-order chi connectivity index (χ1) is 8.40. The van der Waals surface area contributed by atoms with Crippen LogP contribution in [0.2, 0.25) is 0 Å². The van der Waals surface area contributed by atoms with Gasteiger partial charge in [-0.25, -0.2) is 4.79 Å². The van der Waals surface area contributed by atoms with Crippen LogP contribution in [0.4, 0.5) is 0 Å². The molecule has 0 aromatic heterocycles. The minimum absolute atomic E-state index is 0.0268. The summed E-state index contributed by atoms with van der Waals surface area (Å²) in [5, 5.41) is 2.74. The number of carbonyl (C=O) groups excluding carboxylic acids is 2. The maximum atomic E-state index is 12.2. The van der Waals surface area contributed by atoms with Gasteiger partial charge in [-0.05, 0) is 18.9 Å². The third kappa shape index (κ3) is 3.18. The molecule has 1 amide bonds. The number of ether oxygens (including phenoxy) is 1. The molecule has 5 heteroatoms. The minimum atomic E-state index is -0.699. The highest BCUT2D eigenvalue weighted by Gasteiger charge is 2.35. The zero-order valence-corrected chi connectivity index (χ0v) is 11.3. The number of allylic oxidation sites excluding steroid dienone is 1. The maximum absolute atomic E-state index is 12.2. The summed E-state index contributed by atoms with van der Waals surface area (Å²) >= 11 is 0. The molecule has 0 aliphatic carbocycles. The predicted molar refractivity (Wildman–Crippen MR) is 69.4 cm³/mol. The minimum Gasteiger partial charge on any atom is -0.467 e. The number of hydrogen-bond donors (Lipinski definition) is 1. The van der Waals surface area contributed by atoms with Gasteiger partial charge in [0.15, 0.2) is 0 Å². The fourth-order valence-electron chi connectivity index (χ4n) is 1.69. The second-order valence-electron chi connectivity index (χ2n) is 4.98. The second kappa shape index (κ2) is 5.80. The summed E-state index contributed by atoms with van der Waals surface area (Å²) in [4.78, 5) is 27.9. The number of aliphatic imine (C=N–C) groups is 1. The fourth-order valence-corrected chi connectivity index (χ4v) is 1.69. The zero-order valence-electron chi connectivity index (χ0n) is 11.3. The average Bonchev–Trinajstić information content (AvgIpc) is 2.35. The predicted octanol–water partition coefficient (Wildman–Crippen LogP) is 0.947. The van der Waals surface area contributed by atoms with Crippen molar-refractivity contribution in [3.05, 3.63) is 12.2 Å². The van der Waals surface area contributed by atoms with Crippen LogP contribution in [0.1, 0.15) is 20.8 Å². The van der Waals surface area contributed by atoms with Crippen LogP contribution < -0.4 is 5.32 Å². The summed E-state index contributed by atoms with van der Waals surface area (Å²) in [6.45, 7) is 5.91. The van der Waals surface area contributed by atoms with Crippen molar-refractivity contribution in [2.75, 3.05) is 13.7 Å². The zero-order chi connectivity index (χ0) is 13.8. The SMILES string of the molecule is COC(=O)C(NC(=O)C1(C)C=CC=NC1)C(C)C. The molecule has 0 aromatic rings. The van der Waals surface area contributed by atoms with Crippen LogP contribution in [0.25, 0.3) is 0 Å². The quantitative estimate of drug-likeness (QED) is 0.757. The number of nitrogens with zero attached hydrogens (tertiary/aromatic N) is 1. The second-order valence-corrected chi connectivity index (χ2v) is 4.98. The highest BCUT2D eigenvalue weighted by molar-refractivity contribution is 5.91. The average molecular weight is 252 g/mol. The molecule has 0 saturated heterocycles. The number of methoxy groups -OCH3 is 1. The van der Waals surface area contributed by atoms with E-state index in [-0.39, 0.29) is 11.8 Å². The molecule has 18 heavy (non-hydrogen) atoms. The van der Waals surface area contributed by atoms with E-state index in [4.69, 9.17) is 4.74 Å². The van der Waals surface area contributed by atoms with E-state index >= 15 is 0 Å². The first-order valence-corrected chi connectivity index (χ1v) is 5.97. The monoisotopic (exact) mass is 252 g/mol. The van der Waals surface area contributed by atoms with Crippen molar-refractivity contribution < 1.29 is 14.3 Å². The Bertz CT molecular complexity index is 388. The molecule has 0 spiro atoms. The van der Waals surface area contributed by atoms with Gasteiger partial charge in [0.05, 0.1) is 19.1 Å². The molecule has 2 atom stereocenters. The van der Waals surface area contributed by atoms with Gasteiger partial charge in [0, 0.05) is 6.21 Å². The first-order valence-electron chi connectivity index (χ1n) is 5.97. The fraction of sp³-hybridized carbons (Fsp3) is 0.615. The molecule has 1 rings (SSSR count). The summed E-state index contributed by atoms with van der Waals surface area (Å²) in [5.74, 6) is -0.661. The Labute approximate surface area is 107 Å². The van der Waals surface area contributed by atoms with Crippen LogP contribution in [-0.4, -0.2) is 37.8 Å². The number of amides is 1. The third-order valence-corrected chi connectivity index (χ3v) is 3.00. The van der Waals surface area contributed by atoms with Crippen molar-refractivity contribution in [3.8, 4) is 0 Å². The van der Waals surface area contributed by atoms with E-state index in [9.17, 15) is 9.59 Å². The Morgan fingerprint density at radius 1 is 1.44 bits per heavy atom. The maximum Gasteiger partial charge on any atom is 0.328 e. The Morgan fingerprint density at radius 3 is 2.56 bits per heavy atom. The largest absolute Gasteiger partial charge is 0.467 e. The van der Waals surface area contributed by atoms with Crippen LogP contribution in [0.3, 0.4) is 0 Å². The van der Waals surface area contributed by atoms with Crippen molar-refractivity contribution in [2.24, 2.45) is 16.3 Å². The van der Waals surface area contributed by atoms with Gasteiger partial charge in [-0.1, -0.05) is 19.9 Å². The third-order valence-electron chi connectivity index (χ3n) is 3.00. The molecule has 5 nitrogen and oxygen atoms in total. The van der Waals surface area contributed by atoms with Crippen molar-refractivity contribution in [1.82, 2.24) is 5.32 Å². The molecule has 1 N–H and O–H groups in total. The number of hydrogen-bond acceptors (Lipinski definition) is 4. The normalized spacial score (nSPS) is 23.8. The van der Waals surface area contributed by atoms with Gasteiger partial charge >= 0.3 is 5.97 Å². The number of carbonyl (C=O) groups is 2. The molecule has 100 valence electrons. The Balaban J connectivity index is 2.76. The van der Waals surface area contributed by atoms with Crippen LogP contribution >= 0.6 is 0 Å². The summed E-state index contributed by atoms with van der Waals surface area (Å²) < 4.78 is 4.69. The molecule has 2 unspecified atom stereocenters. The Hall–Kier alpha value is -1.65. The van der Waals surface area contributed by atoms with E-state index < -0.39 is 17.4 Å². The lowest BCUT2D eigenvalue weighted by Crippen LogP contribution is -2.50. The van der Waals surface area contributed by atoms with Crippen molar-refractivity contribution in [2.45, 2.75) is 26.8 Å². The molecule has 1 aliphatic rings. The Kier molecular flexibility index (Phi) is 4.64. The van der Waals surface area contributed by atoms with Crippen LogP contribution in [0.5, 0.6) is 0 Å². The van der Waals surface area contributed by atoms with Crippen LogP contribution in [0, 0.1) is 11.3 Å². The lowest BCUT2D eigenvalue weighted by Gasteiger charge is -2.28. The van der Waals surface area contributed by atoms with Gasteiger partial charge in [0.2, 0.25) is 5.91 Å².